The molecule has 0 amide bonds. The average Bonchev–Trinajstić information content (AvgIpc) is 2.33. The minimum Gasteiger partial charge on any atom is -0.306 e. The molecule has 0 atom stereocenters. The summed E-state index contributed by atoms with van der Waals surface area (Å²) in [6, 6.07) is 0. The lowest BCUT2D eigenvalue weighted by molar-refractivity contribution is 0.102. The quantitative estimate of drug-likeness (QED) is 0.652. The van der Waals surface area contributed by atoms with Crippen LogP contribution in [0.1, 0.15) is 52.9 Å². The molecule has 0 saturated carbocycles. The zero-order valence-corrected chi connectivity index (χ0v) is 12.4. The molecule has 1 rings (SSSR count). The Hall–Kier alpha value is -0.630. The number of likely N-dealkylation sites (tertiary alicyclic amines) is 1. The minimum atomic E-state index is -1.06. The minimum absolute atomic E-state index is 0.642. The summed E-state index contributed by atoms with van der Waals surface area (Å²) in [6.07, 6.45) is 8.80. The Labute approximate surface area is 112 Å². The van der Waals surface area contributed by atoms with Gasteiger partial charge in [0.2, 0.25) is 0 Å². The third-order valence-corrected chi connectivity index (χ3v) is 4.02. The van der Waals surface area contributed by atoms with Crippen molar-refractivity contribution in [2.45, 2.75) is 58.5 Å². The first kappa shape index (κ1) is 15.4. The number of allylic oxidation sites excluding steroid dienone is 4. The van der Waals surface area contributed by atoms with Crippen LogP contribution in [0, 0.1) is 0 Å². The number of halogens is 1. The van der Waals surface area contributed by atoms with Crippen molar-refractivity contribution in [1.29, 1.82) is 0 Å². The summed E-state index contributed by atoms with van der Waals surface area (Å²) in [4.78, 5) is 2.20. The Morgan fingerprint density at radius 2 is 1.83 bits per heavy atom. The van der Waals surface area contributed by atoms with Gasteiger partial charge in [-0.2, -0.15) is 0 Å². The number of alkyl halides is 1. The van der Waals surface area contributed by atoms with Crippen molar-refractivity contribution in [3.05, 3.63) is 23.3 Å². The monoisotopic (exact) mass is 253 g/mol. The molecule has 1 nitrogen and oxygen atoms in total. The van der Waals surface area contributed by atoms with Crippen LogP contribution >= 0.6 is 0 Å². The summed E-state index contributed by atoms with van der Waals surface area (Å²) >= 11 is 0. The van der Waals surface area contributed by atoms with E-state index in [2.05, 4.69) is 37.9 Å². The topological polar surface area (TPSA) is 3.24 Å². The number of piperidine rings is 1. The summed E-state index contributed by atoms with van der Waals surface area (Å²) in [6.45, 7) is 8.04. The van der Waals surface area contributed by atoms with Gasteiger partial charge in [0.1, 0.15) is 5.67 Å². The van der Waals surface area contributed by atoms with Crippen LogP contribution in [0.25, 0.3) is 0 Å². The molecule has 1 heterocycles. The van der Waals surface area contributed by atoms with Crippen molar-refractivity contribution < 1.29 is 4.39 Å². The van der Waals surface area contributed by atoms with Gasteiger partial charge >= 0.3 is 0 Å². The molecule has 0 bridgehead atoms. The van der Waals surface area contributed by atoms with Crippen LogP contribution in [0.3, 0.4) is 0 Å². The Kier molecular flexibility index (Phi) is 6.07. The van der Waals surface area contributed by atoms with E-state index in [0.29, 0.717) is 12.8 Å². The average molecular weight is 253 g/mol. The maximum Gasteiger partial charge on any atom is 0.134 e. The second-order valence-corrected chi connectivity index (χ2v) is 5.69. The molecule has 1 saturated heterocycles. The van der Waals surface area contributed by atoms with Crippen molar-refractivity contribution in [3.63, 3.8) is 0 Å². The normalized spacial score (nSPS) is 22.3. The molecule has 0 spiro atoms. The van der Waals surface area contributed by atoms with Gasteiger partial charge < -0.3 is 4.90 Å². The largest absolute Gasteiger partial charge is 0.306 e. The second kappa shape index (κ2) is 7.08. The fourth-order valence-corrected chi connectivity index (χ4v) is 2.48. The smallest absolute Gasteiger partial charge is 0.134 e. The van der Waals surface area contributed by atoms with E-state index in [9.17, 15) is 4.39 Å². The summed E-state index contributed by atoms with van der Waals surface area (Å²) in [7, 11) is 2.06. The molecule has 0 unspecified atom stereocenters. The van der Waals surface area contributed by atoms with E-state index in [1.54, 1.807) is 0 Å². The highest BCUT2D eigenvalue weighted by Gasteiger charge is 2.34. The number of rotatable bonds is 5. The van der Waals surface area contributed by atoms with Crippen LogP contribution in [-0.4, -0.2) is 30.7 Å². The molecule has 18 heavy (non-hydrogen) atoms. The first-order valence-electron chi connectivity index (χ1n) is 7.18. The van der Waals surface area contributed by atoms with E-state index >= 15 is 0 Å². The van der Waals surface area contributed by atoms with Crippen molar-refractivity contribution >= 4 is 0 Å². The van der Waals surface area contributed by atoms with E-state index in [4.69, 9.17) is 0 Å². The maximum absolute atomic E-state index is 14.7. The molecular weight excluding hydrogens is 225 g/mol. The Balaban J connectivity index is 2.52. The van der Waals surface area contributed by atoms with E-state index in [-0.39, 0.29) is 0 Å². The van der Waals surface area contributed by atoms with Crippen LogP contribution in [0.4, 0.5) is 4.39 Å². The second-order valence-electron chi connectivity index (χ2n) is 5.69. The molecule has 1 aliphatic heterocycles. The maximum atomic E-state index is 14.7. The number of hydrogen-bond donors (Lipinski definition) is 0. The molecule has 0 aromatic carbocycles. The highest BCUT2D eigenvalue weighted by molar-refractivity contribution is 5.18. The molecule has 0 radical (unpaired) electrons. The Morgan fingerprint density at radius 1 is 1.22 bits per heavy atom. The molecular formula is C16H28FN. The van der Waals surface area contributed by atoms with Crippen LogP contribution in [0.2, 0.25) is 0 Å². The highest BCUT2D eigenvalue weighted by atomic mass is 19.1. The van der Waals surface area contributed by atoms with Gasteiger partial charge in [0.25, 0.3) is 0 Å². The predicted molar refractivity (Wildman–Crippen MR) is 77.6 cm³/mol. The molecule has 0 N–H and O–H groups in total. The molecule has 0 aliphatic carbocycles. The zero-order valence-electron chi connectivity index (χ0n) is 12.4. The van der Waals surface area contributed by atoms with Crippen LogP contribution in [0.5, 0.6) is 0 Å². The van der Waals surface area contributed by atoms with Crippen molar-refractivity contribution in [2.75, 3.05) is 20.1 Å². The van der Waals surface area contributed by atoms with E-state index < -0.39 is 5.67 Å². The van der Waals surface area contributed by atoms with Gasteiger partial charge in [0, 0.05) is 13.1 Å². The van der Waals surface area contributed by atoms with Gasteiger partial charge in [-0.25, -0.2) is 4.39 Å². The van der Waals surface area contributed by atoms with Crippen molar-refractivity contribution in [1.82, 2.24) is 4.90 Å². The molecule has 2 heteroatoms. The summed E-state index contributed by atoms with van der Waals surface area (Å²) in [5, 5.41) is 0. The van der Waals surface area contributed by atoms with E-state index in [1.807, 2.05) is 6.92 Å². The summed E-state index contributed by atoms with van der Waals surface area (Å²) < 4.78 is 14.7. The fourth-order valence-electron chi connectivity index (χ4n) is 2.48. The van der Waals surface area contributed by atoms with Crippen LogP contribution in [-0.2, 0) is 0 Å². The molecule has 1 aliphatic rings. The molecule has 0 aromatic rings. The van der Waals surface area contributed by atoms with Crippen molar-refractivity contribution in [2.24, 2.45) is 0 Å². The molecule has 104 valence electrons. The third kappa shape index (κ3) is 4.56. The van der Waals surface area contributed by atoms with Gasteiger partial charge in [-0.05, 0) is 52.2 Å². The summed E-state index contributed by atoms with van der Waals surface area (Å²) in [5.74, 6) is 0. The van der Waals surface area contributed by atoms with Gasteiger partial charge in [0.15, 0.2) is 0 Å². The molecule has 0 aromatic heterocycles. The Morgan fingerprint density at radius 3 is 2.39 bits per heavy atom. The van der Waals surface area contributed by atoms with Crippen molar-refractivity contribution in [3.8, 4) is 0 Å². The number of nitrogens with zero attached hydrogens (tertiary/aromatic N) is 1. The fraction of sp³-hybridized carbons (Fsp3) is 0.750. The first-order chi connectivity index (χ1) is 8.48. The lowest BCUT2D eigenvalue weighted by atomic mass is 9.86. The van der Waals surface area contributed by atoms with Gasteiger partial charge in [0.05, 0.1) is 0 Å². The lowest BCUT2D eigenvalue weighted by Crippen LogP contribution is -2.40. The van der Waals surface area contributed by atoms with E-state index in [1.165, 1.54) is 12.0 Å². The van der Waals surface area contributed by atoms with Gasteiger partial charge in [-0.3, -0.25) is 0 Å². The van der Waals surface area contributed by atoms with Crippen LogP contribution in [0.15, 0.2) is 23.3 Å². The first-order valence-corrected chi connectivity index (χ1v) is 7.18. The SMILES string of the molecule is CCC/C(C)=C\C/C=C(\C)C1(F)CCN(C)CC1. The van der Waals surface area contributed by atoms with Gasteiger partial charge in [-0.15, -0.1) is 0 Å². The predicted octanol–water partition coefficient (Wildman–Crippen LogP) is 4.50. The third-order valence-electron chi connectivity index (χ3n) is 4.02. The van der Waals surface area contributed by atoms with Crippen LogP contribution < -0.4 is 0 Å². The van der Waals surface area contributed by atoms with E-state index in [0.717, 1.165) is 31.5 Å². The highest BCUT2D eigenvalue weighted by Crippen LogP contribution is 2.33. The Bertz CT molecular complexity index is 309. The number of hydrogen-bond acceptors (Lipinski definition) is 1. The summed E-state index contributed by atoms with van der Waals surface area (Å²) in [5.41, 5.74) is 1.29. The standard InChI is InChI=1S/C16H28FN/c1-5-7-14(2)8-6-9-15(3)16(17)10-12-18(4)13-11-16/h8-9H,5-7,10-13H2,1-4H3/b14-8-,15-9+. The lowest BCUT2D eigenvalue weighted by Gasteiger charge is -2.35. The molecule has 1 fully saturated rings. The van der Waals surface area contributed by atoms with Gasteiger partial charge in [-0.1, -0.05) is 31.1 Å². The zero-order chi connectivity index (χ0) is 13.6.